The third-order valence-electron chi connectivity index (χ3n) is 5.13. The maximum absolute atomic E-state index is 4.17. The third kappa shape index (κ3) is 1.53. The molecule has 3 unspecified atom stereocenters. The molecule has 0 radical (unpaired) electrons. The minimum Gasteiger partial charge on any atom is -0.0999 e. The van der Waals surface area contributed by atoms with Crippen LogP contribution >= 0.6 is 0 Å². The highest BCUT2D eigenvalue weighted by molar-refractivity contribution is 5.06. The van der Waals surface area contributed by atoms with Crippen molar-refractivity contribution in [1.82, 2.24) is 0 Å². The lowest BCUT2D eigenvalue weighted by atomic mass is 9.54. The van der Waals surface area contributed by atoms with Crippen LogP contribution in [0.3, 0.4) is 0 Å². The first kappa shape index (κ1) is 10.3. The highest BCUT2D eigenvalue weighted by Gasteiger charge is 2.44. The van der Waals surface area contributed by atoms with Crippen molar-refractivity contribution < 1.29 is 0 Å². The van der Waals surface area contributed by atoms with E-state index in [1.165, 1.54) is 37.7 Å². The summed E-state index contributed by atoms with van der Waals surface area (Å²) in [6.45, 7) is 11.6. The van der Waals surface area contributed by atoms with Crippen molar-refractivity contribution in [1.29, 1.82) is 0 Å². The van der Waals surface area contributed by atoms with Crippen LogP contribution in [0.5, 0.6) is 0 Å². The summed E-state index contributed by atoms with van der Waals surface area (Å²) in [4.78, 5) is 0. The zero-order valence-corrected chi connectivity index (χ0v) is 9.97. The van der Waals surface area contributed by atoms with Gasteiger partial charge in [0.25, 0.3) is 0 Å². The minimum absolute atomic E-state index is 0.573. The molecule has 3 atom stereocenters. The second-order valence-electron chi connectivity index (χ2n) is 6.16. The normalized spacial score (nSPS) is 41.9. The molecule has 2 fully saturated rings. The topological polar surface area (TPSA) is 0 Å². The summed E-state index contributed by atoms with van der Waals surface area (Å²) in [5, 5.41) is 0. The zero-order chi connectivity index (χ0) is 10.3. The standard InChI is InChI=1S/C14H24/c1-10-5-8-13-12(9-10)7-6-11(2)14(13,3)4/h11-13H,1,5-9H2,2-4H3. The quantitative estimate of drug-likeness (QED) is 0.499. The molecule has 80 valence electrons. The van der Waals surface area contributed by atoms with E-state index in [1.807, 2.05) is 0 Å². The smallest absolute Gasteiger partial charge is 0.0292 e. The van der Waals surface area contributed by atoms with E-state index >= 15 is 0 Å². The molecule has 2 aliphatic carbocycles. The van der Waals surface area contributed by atoms with E-state index in [1.54, 1.807) is 0 Å². The van der Waals surface area contributed by atoms with Gasteiger partial charge in [0.15, 0.2) is 0 Å². The molecule has 2 rings (SSSR count). The lowest BCUT2D eigenvalue weighted by molar-refractivity contribution is 0.00573. The predicted molar refractivity (Wildman–Crippen MR) is 62.2 cm³/mol. The highest BCUT2D eigenvalue weighted by atomic mass is 14.5. The van der Waals surface area contributed by atoms with E-state index in [0.29, 0.717) is 5.41 Å². The Morgan fingerprint density at radius 3 is 2.64 bits per heavy atom. The van der Waals surface area contributed by atoms with Gasteiger partial charge in [-0.3, -0.25) is 0 Å². The van der Waals surface area contributed by atoms with Gasteiger partial charge < -0.3 is 0 Å². The van der Waals surface area contributed by atoms with E-state index in [9.17, 15) is 0 Å². The molecule has 0 saturated heterocycles. The molecule has 0 aromatic heterocycles. The lowest BCUT2D eigenvalue weighted by Crippen LogP contribution is -2.42. The summed E-state index contributed by atoms with van der Waals surface area (Å²) in [7, 11) is 0. The van der Waals surface area contributed by atoms with Crippen LogP contribution in [0.2, 0.25) is 0 Å². The first-order valence-corrected chi connectivity index (χ1v) is 6.18. The van der Waals surface area contributed by atoms with Crippen LogP contribution in [0.4, 0.5) is 0 Å². The minimum atomic E-state index is 0.573. The van der Waals surface area contributed by atoms with Gasteiger partial charge in [-0.15, -0.1) is 0 Å². The van der Waals surface area contributed by atoms with Gasteiger partial charge in [-0.25, -0.2) is 0 Å². The third-order valence-corrected chi connectivity index (χ3v) is 5.13. The molecule has 0 heterocycles. The van der Waals surface area contributed by atoms with Crippen molar-refractivity contribution in [3.8, 4) is 0 Å². The van der Waals surface area contributed by atoms with Crippen molar-refractivity contribution >= 4 is 0 Å². The average molecular weight is 192 g/mol. The van der Waals surface area contributed by atoms with Gasteiger partial charge in [-0.05, 0) is 55.3 Å². The SMILES string of the molecule is C=C1CCC2C(CCC(C)C2(C)C)C1. The van der Waals surface area contributed by atoms with E-state index < -0.39 is 0 Å². The fourth-order valence-corrected chi connectivity index (χ4v) is 3.69. The van der Waals surface area contributed by atoms with Crippen LogP contribution in [0.15, 0.2) is 12.2 Å². The Morgan fingerprint density at radius 2 is 1.93 bits per heavy atom. The van der Waals surface area contributed by atoms with Gasteiger partial charge in [-0.2, -0.15) is 0 Å². The summed E-state index contributed by atoms with van der Waals surface area (Å²) >= 11 is 0. The van der Waals surface area contributed by atoms with Crippen molar-refractivity contribution in [2.75, 3.05) is 0 Å². The first-order chi connectivity index (χ1) is 6.51. The van der Waals surface area contributed by atoms with E-state index in [-0.39, 0.29) is 0 Å². The molecule has 2 aliphatic rings. The molecule has 0 aromatic carbocycles. The molecule has 0 nitrogen and oxygen atoms in total. The molecule has 0 heteroatoms. The van der Waals surface area contributed by atoms with Gasteiger partial charge in [0, 0.05) is 0 Å². The summed E-state index contributed by atoms with van der Waals surface area (Å²) in [5.41, 5.74) is 2.08. The molecule has 0 spiro atoms. The van der Waals surface area contributed by atoms with Crippen LogP contribution in [-0.2, 0) is 0 Å². The van der Waals surface area contributed by atoms with Gasteiger partial charge in [0.05, 0.1) is 0 Å². The Labute approximate surface area is 88.8 Å². The molecule has 14 heavy (non-hydrogen) atoms. The molecule has 2 saturated carbocycles. The monoisotopic (exact) mass is 192 g/mol. The Bertz CT molecular complexity index is 236. The largest absolute Gasteiger partial charge is 0.0999 e. The number of hydrogen-bond acceptors (Lipinski definition) is 0. The fraction of sp³-hybridized carbons (Fsp3) is 0.857. The zero-order valence-electron chi connectivity index (χ0n) is 9.97. The molecule has 0 amide bonds. The van der Waals surface area contributed by atoms with Crippen molar-refractivity contribution in [2.24, 2.45) is 23.2 Å². The summed E-state index contributed by atoms with van der Waals surface area (Å²) < 4.78 is 0. The number of rotatable bonds is 0. The number of allylic oxidation sites excluding steroid dienone is 1. The summed E-state index contributed by atoms with van der Waals surface area (Å²) in [6, 6.07) is 0. The van der Waals surface area contributed by atoms with Gasteiger partial charge in [-0.1, -0.05) is 32.9 Å². The first-order valence-electron chi connectivity index (χ1n) is 6.18. The van der Waals surface area contributed by atoms with Crippen molar-refractivity contribution in [2.45, 2.75) is 52.9 Å². The Balaban J connectivity index is 2.16. The number of fused-ring (bicyclic) bond motifs is 1. The van der Waals surface area contributed by atoms with Gasteiger partial charge >= 0.3 is 0 Å². The molecular weight excluding hydrogens is 168 g/mol. The van der Waals surface area contributed by atoms with Crippen LogP contribution in [0, 0.1) is 23.2 Å². The lowest BCUT2D eigenvalue weighted by Gasteiger charge is -2.51. The van der Waals surface area contributed by atoms with Crippen LogP contribution in [0.25, 0.3) is 0 Å². The Hall–Kier alpha value is -0.260. The summed E-state index contributed by atoms with van der Waals surface area (Å²) in [5.74, 6) is 2.84. The molecule has 0 aliphatic heterocycles. The average Bonchev–Trinajstić information content (AvgIpc) is 2.12. The second-order valence-corrected chi connectivity index (χ2v) is 6.16. The van der Waals surface area contributed by atoms with Gasteiger partial charge in [0.2, 0.25) is 0 Å². The van der Waals surface area contributed by atoms with E-state index in [0.717, 1.165) is 17.8 Å². The van der Waals surface area contributed by atoms with Crippen molar-refractivity contribution in [3.63, 3.8) is 0 Å². The fourth-order valence-electron chi connectivity index (χ4n) is 3.69. The molecular formula is C14H24. The Morgan fingerprint density at radius 1 is 1.21 bits per heavy atom. The van der Waals surface area contributed by atoms with Crippen LogP contribution in [-0.4, -0.2) is 0 Å². The van der Waals surface area contributed by atoms with Crippen molar-refractivity contribution in [3.05, 3.63) is 12.2 Å². The maximum atomic E-state index is 4.17. The molecule has 0 aromatic rings. The van der Waals surface area contributed by atoms with Crippen LogP contribution in [0.1, 0.15) is 52.9 Å². The second kappa shape index (κ2) is 3.40. The van der Waals surface area contributed by atoms with Crippen LogP contribution < -0.4 is 0 Å². The Kier molecular flexibility index (Phi) is 2.49. The predicted octanol–water partition coefficient (Wildman–Crippen LogP) is 4.42. The summed E-state index contributed by atoms with van der Waals surface area (Å²) in [6.07, 6.45) is 6.90. The molecule has 0 N–H and O–H groups in total. The van der Waals surface area contributed by atoms with Gasteiger partial charge in [0.1, 0.15) is 0 Å². The van der Waals surface area contributed by atoms with E-state index in [2.05, 4.69) is 27.4 Å². The molecule has 0 bridgehead atoms. The maximum Gasteiger partial charge on any atom is -0.0292 e. The number of hydrogen-bond donors (Lipinski definition) is 0. The van der Waals surface area contributed by atoms with E-state index in [4.69, 9.17) is 0 Å². The highest BCUT2D eigenvalue weighted by Crippen LogP contribution is 2.53.